The van der Waals surface area contributed by atoms with E-state index in [0.717, 1.165) is 18.2 Å². The van der Waals surface area contributed by atoms with Crippen molar-refractivity contribution in [1.82, 2.24) is 5.32 Å². The molecule has 0 unspecified atom stereocenters. The van der Waals surface area contributed by atoms with Crippen LogP contribution in [0.1, 0.15) is 43.1 Å². The van der Waals surface area contributed by atoms with E-state index in [1.807, 2.05) is 20.8 Å². The van der Waals surface area contributed by atoms with Crippen LogP contribution in [0.5, 0.6) is 0 Å². The van der Waals surface area contributed by atoms with Crippen LogP contribution in [0.4, 0.5) is 5.69 Å². The molecule has 1 amide bonds. The van der Waals surface area contributed by atoms with Crippen molar-refractivity contribution in [1.29, 1.82) is 0 Å². The van der Waals surface area contributed by atoms with Crippen molar-refractivity contribution in [3.8, 4) is 0 Å². The molecule has 1 aromatic carbocycles. The van der Waals surface area contributed by atoms with Crippen molar-refractivity contribution < 1.29 is 22.7 Å². The highest BCUT2D eigenvalue weighted by Crippen LogP contribution is 2.34. The quantitative estimate of drug-likeness (QED) is 0.768. The van der Waals surface area contributed by atoms with Crippen LogP contribution in [0.25, 0.3) is 0 Å². The molecule has 0 spiro atoms. The first-order chi connectivity index (χ1) is 11.6. The number of amides is 1. The van der Waals surface area contributed by atoms with E-state index >= 15 is 0 Å². The number of sulfonamides is 1. The first-order valence-corrected chi connectivity index (χ1v) is 10.1. The molecule has 0 saturated heterocycles. The third kappa shape index (κ3) is 4.50. The molecule has 7 nitrogen and oxygen atoms in total. The van der Waals surface area contributed by atoms with Crippen molar-refractivity contribution in [2.75, 3.05) is 17.2 Å². The summed E-state index contributed by atoms with van der Waals surface area (Å²) in [6.07, 6.45) is 2.48. The molecule has 0 aromatic heterocycles. The largest absolute Gasteiger partial charge is 0.452 e. The van der Waals surface area contributed by atoms with Gasteiger partial charge in [-0.3, -0.25) is 9.10 Å². The molecule has 0 fully saturated rings. The third-order valence-electron chi connectivity index (χ3n) is 4.18. The Morgan fingerprint density at radius 1 is 1.40 bits per heavy atom. The van der Waals surface area contributed by atoms with Gasteiger partial charge in [0.05, 0.1) is 17.5 Å². The number of benzene rings is 1. The van der Waals surface area contributed by atoms with E-state index in [-0.39, 0.29) is 24.6 Å². The summed E-state index contributed by atoms with van der Waals surface area (Å²) in [7, 11) is -3.37. The zero-order valence-corrected chi connectivity index (χ0v) is 15.7. The average Bonchev–Trinajstić information content (AvgIpc) is 2.87. The van der Waals surface area contributed by atoms with Gasteiger partial charge in [-0.1, -0.05) is 6.92 Å². The standard InChI is InChI=1S/C17H24N2O5S/c1-5-11(2)18-16(20)10-24-17(21)13-6-7-15-14(9-13)8-12(3)19(15)25(4,22)23/h6-7,9,11-12H,5,8,10H2,1-4H3,(H,18,20)/t11-,12-/m1/s1. The first kappa shape index (κ1) is 19.2. The molecule has 0 aliphatic carbocycles. The smallest absolute Gasteiger partial charge is 0.338 e. The number of anilines is 1. The minimum Gasteiger partial charge on any atom is -0.452 e. The van der Waals surface area contributed by atoms with E-state index in [4.69, 9.17) is 4.74 Å². The summed E-state index contributed by atoms with van der Waals surface area (Å²) < 4.78 is 30.2. The number of nitrogens with one attached hydrogen (secondary N) is 1. The van der Waals surface area contributed by atoms with E-state index in [1.165, 1.54) is 10.4 Å². The molecule has 2 atom stereocenters. The highest BCUT2D eigenvalue weighted by Gasteiger charge is 2.32. The first-order valence-electron chi connectivity index (χ1n) is 8.22. The molecule has 25 heavy (non-hydrogen) atoms. The lowest BCUT2D eigenvalue weighted by Gasteiger charge is -2.21. The highest BCUT2D eigenvalue weighted by atomic mass is 32.2. The number of nitrogens with zero attached hydrogens (tertiary/aromatic N) is 1. The number of carbonyl (C=O) groups is 2. The molecule has 0 bridgehead atoms. The molecule has 0 saturated carbocycles. The van der Waals surface area contributed by atoms with Crippen LogP contribution in [0.15, 0.2) is 18.2 Å². The van der Waals surface area contributed by atoms with E-state index < -0.39 is 16.0 Å². The molecule has 1 heterocycles. The van der Waals surface area contributed by atoms with Crippen molar-refractivity contribution in [3.63, 3.8) is 0 Å². The van der Waals surface area contributed by atoms with Crippen LogP contribution in [0.3, 0.4) is 0 Å². The topological polar surface area (TPSA) is 92.8 Å². The highest BCUT2D eigenvalue weighted by molar-refractivity contribution is 7.92. The normalized spacial score (nSPS) is 17.8. The summed E-state index contributed by atoms with van der Waals surface area (Å²) in [4.78, 5) is 23.8. The Bertz CT molecular complexity index is 775. The van der Waals surface area contributed by atoms with Gasteiger partial charge < -0.3 is 10.1 Å². The molecule has 8 heteroatoms. The summed E-state index contributed by atoms with van der Waals surface area (Å²) in [6.45, 7) is 5.29. The van der Waals surface area contributed by atoms with Crippen LogP contribution < -0.4 is 9.62 Å². The van der Waals surface area contributed by atoms with Crippen LogP contribution in [0.2, 0.25) is 0 Å². The van der Waals surface area contributed by atoms with Gasteiger partial charge in [0.2, 0.25) is 10.0 Å². The number of carbonyl (C=O) groups excluding carboxylic acids is 2. The second kappa shape index (κ2) is 7.43. The van der Waals surface area contributed by atoms with E-state index in [0.29, 0.717) is 17.7 Å². The Morgan fingerprint density at radius 2 is 2.08 bits per heavy atom. The van der Waals surface area contributed by atoms with Crippen molar-refractivity contribution in [3.05, 3.63) is 29.3 Å². The minimum atomic E-state index is -3.37. The minimum absolute atomic E-state index is 0.0228. The van der Waals surface area contributed by atoms with Gasteiger partial charge in [0.25, 0.3) is 5.91 Å². The molecule has 0 radical (unpaired) electrons. The Hall–Kier alpha value is -2.09. The van der Waals surface area contributed by atoms with Crippen LogP contribution in [-0.4, -0.2) is 45.2 Å². The molecule has 1 aliphatic rings. The lowest BCUT2D eigenvalue weighted by atomic mass is 10.1. The maximum atomic E-state index is 12.1. The summed E-state index contributed by atoms with van der Waals surface area (Å²) in [5, 5.41) is 2.72. The lowest BCUT2D eigenvalue weighted by Crippen LogP contribution is -2.35. The van der Waals surface area contributed by atoms with Crippen molar-refractivity contribution >= 4 is 27.6 Å². The van der Waals surface area contributed by atoms with Crippen LogP contribution in [-0.2, 0) is 26.0 Å². The molecule has 1 aromatic rings. The third-order valence-corrected chi connectivity index (χ3v) is 5.45. The molecular weight excluding hydrogens is 344 g/mol. The van der Waals surface area contributed by atoms with Gasteiger partial charge in [0.1, 0.15) is 0 Å². The van der Waals surface area contributed by atoms with Gasteiger partial charge in [0, 0.05) is 12.1 Å². The molecule has 1 N–H and O–H groups in total. The van der Waals surface area contributed by atoms with Gasteiger partial charge in [-0.2, -0.15) is 0 Å². The second-order valence-corrected chi connectivity index (χ2v) is 8.27. The number of hydrogen-bond acceptors (Lipinski definition) is 5. The zero-order chi connectivity index (χ0) is 18.8. The van der Waals surface area contributed by atoms with Gasteiger partial charge in [-0.15, -0.1) is 0 Å². The Morgan fingerprint density at radius 3 is 2.68 bits per heavy atom. The van der Waals surface area contributed by atoms with E-state index in [1.54, 1.807) is 12.1 Å². The number of esters is 1. The summed E-state index contributed by atoms with van der Waals surface area (Å²) in [6, 6.07) is 4.58. The SMILES string of the molecule is CC[C@@H](C)NC(=O)COC(=O)c1ccc2c(c1)C[C@@H](C)N2S(C)(=O)=O. The van der Waals surface area contributed by atoms with Crippen molar-refractivity contribution in [2.24, 2.45) is 0 Å². The number of ether oxygens (including phenoxy) is 1. The zero-order valence-electron chi connectivity index (χ0n) is 14.9. The fourth-order valence-corrected chi connectivity index (χ4v) is 4.13. The van der Waals surface area contributed by atoms with Crippen molar-refractivity contribution in [2.45, 2.75) is 45.7 Å². The predicted molar refractivity (Wildman–Crippen MR) is 95.1 cm³/mol. The van der Waals surface area contributed by atoms with Gasteiger partial charge >= 0.3 is 5.97 Å². The van der Waals surface area contributed by atoms with Crippen LogP contribution >= 0.6 is 0 Å². The summed E-state index contributed by atoms with van der Waals surface area (Å²) >= 11 is 0. The average molecular weight is 368 g/mol. The van der Waals surface area contributed by atoms with E-state index in [9.17, 15) is 18.0 Å². The molecule has 1 aliphatic heterocycles. The Kier molecular flexibility index (Phi) is 5.72. The van der Waals surface area contributed by atoms with E-state index in [2.05, 4.69) is 5.32 Å². The fraction of sp³-hybridized carbons (Fsp3) is 0.529. The monoisotopic (exact) mass is 368 g/mol. The maximum Gasteiger partial charge on any atom is 0.338 e. The van der Waals surface area contributed by atoms with Gasteiger partial charge in [0.15, 0.2) is 6.61 Å². The van der Waals surface area contributed by atoms with Crippen LogP contribution in [0, 0.1) is 0 Å². The maximum absolute atomic E-state index is 12.1. The predicted octanol–water partition coefficient (Wildman–Crippen LogP) is 1.47. The molecule has 138 valence electrons. The fourth-order valence-electron chi connectivity index (χ4n) is 2.87. The number of fused-ring (bicyclic) bond motifs is 1. The Labute approximate surface area is 148 Å². The number of rotatable bonds is 6. The Balaban J connectivity index is 2.07. The molecular formula is C17H24N2O5S. The second-order valence-electron chi connectivity index (χ2n) is 6.41. The van der Waals surface area contributed by atoms with Gasteiger partial charge in [-0.25, -0.2) is 13.2 Å². The lowest BCUT2D eigenvalue weighted by molar-refractivity contribution is -0.124. The summed E-state index contributed by atoms with van der Waals surface area (Å²) in [5.74, 6) is -0.951. The molecule has 2 rings (SSSR count). The summed E-state index contributed by atoms with van der Waals surface area (Å²) in [5.41, 5.74) is 1.66. The number of hydrogen-bond donors (Lipinski definition) is 1. The van der Waals surface area contributed by atoms with Gasteiger partial charge in [-0.05, 0) is 50.5 Å².